The van der Waals surface area contributed by atoms with E-state index < -0.39 is 0 Å². The minimum Gasteiger partial charge on any atom is -0.384 e. The van der Waals surface area contributed by atoms with Crippen molar-refractivity contribution < 1.29 is 1.37 Å². The van der Waals surface area contributed by atoms with Crippen LogP contribution in [0.1, 0.15) is 6.93 Å². The molecule has 1 aliphatic rings. The van der Waals surface area contributed by atoms with Crippen molar-refractivity contribution in [1.82, 2.24) is 0 Å². The smallest absolute Gasteiger partial charge is 0.0494 e. The number of nitrogens with one attached hydrogen (secondary N) is 1. The molecule has 9 heavy (non-hydrogen) atoms. The number of hydrogen-bond donors (Lipinski definition) is 1. The molecule has 0 bridgehead atoms. The van der Waals surface area contributed by atoms with Gasteiger partial charge in [-0.15, -0.1) is 0 Å². The highest BCUT2D eigenvalue weighted by molar-refractivity contribution is 5.54. The van der Waals surface area contributed by atoms with Gasteiger partial charge in [-0.05, 0) is 18.1 Å². The van der Waals surface area contributed by atoms with E-state index in [1.807, 2.05) is 18.2 Å². The third kappa shape index (κ3) is 0.689. The molecule has 1 atom stereocenters. The molecule has 0 aromatic heterocycles. The van der Waals surface area contributed by atoms with Gasteiger partial charge in [0, 0.05) is 13.6 Å². The Labute approximate surface area is 56.1 Å². The van der Waals surface area contributed by atoms with E-state index in [4.69, 9.17) is 1.37 Å². The zero-order chi connectivity index (χ0) is 6.97. The van der Waals surface area contributed by atoms with Gasteiger partial charge in [0.15, 0.2) is 0 Å². The van der Waals surface area contributed by atoms with Crippen LogP contribution >= 0.6 is 0 Å². The largest absolute Gasteiger partial charge is 0.384 e. The van der Waals surface area contributed by atoms with Crippen molar-refractivity contribution in [2.45, 2.75) is 6.42 Å². The van der Waals surface area contributed by atoms with E-state index in [1.54, 1.807) is 0 Å². The highest BCUT2D eigenvalue weighted by atomic mass is 14.9. The van der Waals surface area contributed by atoms with Crippen molar-refractivity contribution in [2.24, 2.45) is 0 Å². The van der Waals surface area contributed by atoms with Gasteiger partial charge in [0.2, 0.25) is 0 Å². The first kappa shape index (κ1) is 3.94. The second-order valence-electron chi connectivity index (χ2n) is 2.21. The molecule has 0 amide bonds. The van der Waals surface area contributed by atoms with E-state index in [0.717, 1.165) is 12.1 Å². The molecule has 0 saturated heterocycles. The maximum absolute atomic E-state index is 7.41. The Morgan fingerprint density at radius 3 is 3.22 bits per heavy atom. The lowest BCUT2D eigenvalue weighted by Gasteiger charge is -1.94. The zero-order valence-corrected chi connectivity index (χ0v) is 5.09. The van der Waals surface area contributed by atoms with Crippen LogP contribution in [0.3, 0.4) is 0 Å². The second kappa shape index (κ2) is 1.76. The molecule has 1 unspecified atom stereocenters. The molecular weight excluding hydrogens is 110 g/mol. The summed E-state index contributed by atoms with van der Waals surface area (Å²) in [6, 6.07) is 8.09. The van der Waals surface area contributed by atoms with E-state index in [9.17, 15) is 0 Å². The van der Waals surface area contributed by atoms with E-state index in [0.29, 0.717) is 0 Å². The minimum absolute atomic E-state index is 0.127. The fourth-order valence-electron chi connectivity index (χ4n) is 1.11. The molecule has 0 aliphatic carbocycles. The fourth-order valence-corrected chi connectivity index (χ4v) is 1.11. The standard InChI is InChI=1S/C8H9N/c1-2-4-8-7(3-1)5-6-9-8/h1-4,9H,5-6H2/i6D. The molecule has 0 saturated carbocycles. The molecule has 1 aromatic carbocycles. The van der Waals surface area contributed by atoms with Crippen LogP contribution in [0.15, 0.2) is 24.3 Å². The summed E-state index contributed by atoms with van der Waals surface area (Å²) in [6.45, 7) is -0.127. The highest BCUT2D eigenvalue weighted by Crippen LogP contribution is 2.19. The van der Waals surface area contributed by atoms with Crippen LogP contribution in [0.25, 0.3) is 0 Å². The Kier molecular flexibility index (Phi) is 0.770. The quantitative estimate of drug-likeness (QED) is 0.549. The van der Waals surface area contributed by atoms with Crippen molar-refractivity contribution in [1.29, 1.82) is 0 Å². The Morgan fingerprint density at radius 2 is 2.33 bits per heavy atom. The first-order valence-electron chi connectivity index (χ1n) is 3.71. The van der Waals surface area contributed by atoms with Gasteiger partial charge in [0.05, 0.1) is 0 Å². The number of rotatable bonds is 0. The van der Waals surface area contributed by atoms with Gasteiger partial charge in [-0.1, -0.05) is 18.2 Å². The zero-order valence-electron chi connectivity index (χ0n) is 6.09. The molecule has 1 heterocycles. The third-order valence-electron chi connectivity index (χ3n) is 1.60. The fraction of sp³-hybridized carbons (Fsp3) is 0.250. The molecule has 1 aliphatic heterocycles. The van der Waals surface area contributed by atoms with E-state index >= 15 is 0 Å². The van der Waals surface area contributed by atoms with Crippen molar-refractivity contribution in [3.63, 3.8) is 0 Å². The van der Waals surface area contributed by atoms with Gasteiger partial charge in [0.25, 0.3) is 0 Å². The van der Waals surface area contributed by atoms with Crippen LogP contribution in [-0.4, -0.2) is 6.52 Å². The predicted molar refractivity (Wildman–Crippen MR) is 38.6 cm³/mol. The second-order valence-corrected chi connectivity index (χ2v) is 2.21. The van der Waals surface area contributed by atoms with Gasteiger partial charge in [-0.25, -0.2) is 0 Å². The number of fused-ring (bicyclic) bond motifs is 1. The van der Waals surface area contributed by atoms with Gasteiger partial charge in [0.1, 0.15) is 0 Å². The normalized spacial score (nSPS) is 24.4. The maximum atomic E-state index is 7.41. The Bertz CT molecular complexity index is 222. The Hall–Kier alpha value is -0.980. The Balaban J connectivity index is 2.42. The topological polar surface area (TPSA) is 12.0 Å². The van der Waals surface area contributed by atoms with Crippen LogP contribution in [0.4, 0.5) is 5.69 Å². The number of anilines is 1. The van der Waals surface area contributed by atoms with Gasteiger partial charge >= 0.3 is 0 Å². The summed E-state index contributed by atoms with van der Waals surface area (Å²) in [5.41, 5.74) is 2.39. The molecule has 1 N–H and O–H groups in total. The lowest BCUT2D eigenvalue weighted by Crippen LogP contribution is -1.90. The van der Waals surface area contributed by atoms with E-state index in [2.05, 4.69) is 11.4 Å². The number of para-hydroxylation sites is 1. The van der Waals surface area contributed by atoms with Crippen molar-refractivity contribution in [2.75, 3.05) is 11.8 Å². The summed E-state index contributed by atoms with van der Waals surface area (Å²) in [5, 5.41) is 3.06. The SMILES string of the molecule is [2H]C1Cc2ccccc2N1. The maximum Gasteiger partial charge on any atom is 0.0494 e. The van der Waals surface area contributed by atoms with Gasteiger partial charge in [-0.3, -0.25) is 0 Å². The molecule has 1 heteroatoms. The summed E-state index contributed by atoms with van der Waals surface area (Å²) >= 11 is 0. The van der Waals surface area contributed by atoms with E-state index in [1.165, 1.54) is 5.56 Å². The summed E-state index contributed by atoms with van der Waals surface area (Å²) in [5.74, 6) is 0. The van der Waals surface area contributed by atoms with Crippen molar-refractivity contribution >= 4 is 5.69 Å². The van der Waals surface area contributed by atoms with Crippen LogP contribution in [0, 0.1) is 0 Å². The number of aryl methyl sites for hydroxylation is 1. The van der Waals surface area contributed by atoms with Gasteiger partial charge in [-0.2, -0.15) is 0 Å². The van der Waals surface area contributed by atoms with Crippen LogP contribution in [0.2, 0.25) is 0 Å². The average Bonchev–Trinajstić information content (AvgIpc) is 2.27. The summed E-state index contributed by atoms with van der Waals surface area (Å²) in [6.07, 6.45) is 0.843. The monoisotopic (exact) mass is 120 g/mol. The summed E-state index contributed by atoms with van der Waals surface area (Å²) in [4.78, 5) is 0. The van der Waals surface area contributed by atoms with Crippen LogP contribution in [0.5, 0.6) is 0 Å². The van der Waals surface area contributed by atoms with Crippen molar-refractivity contribution in [3.8, 4) is 0 Å². The van der Waals surface area contributed by atoms with E-state index in [-0.39, 0.29) is 6.52 Å². The lowest BCUT2D eigenvalue weighted by molar-refractivity contribution is 1.11. The molecule has 0 fully saturated rings. The van der Waals surface area contributed by atoms with Crippen LogP contribution in [-0.2, 0) is 6.42 Å². The summed E-state index contributed by atoms with van der Waals surface area (Å²) in [7, 11) is 0. The lowest BCUT2D eigenvalue weighted by atomic mass is 10.2. The van der Waals surface area contributed by atoms with Gasteiger partial charge < -0.3 is 5.32 Å². The highest BCUT2D eigenvalue weighted by Gasteiger charge is 2.05. The molecule has 2 rings (SSSR count). The first-order chi connectivity index (χ1) is 4.86. The molecule has 1 nitrogen and oxygen atoms in total. The third-order valence-corrected chi connectivity index (χ3v) is 1.60. The average molecular weight is 120 g/mol. The van der Waals surface area contributed by atoms with Crippen LogP contribution < -0.4 is 5.32 Å². The first-order valence-corrected chi connectivity index (χ1v) is 3.13. The molecule has 0 radical (unpaired) electrons. The molecule has 1 aromatic rings. The number of hydrogen-bond acceptors (Lipinski definition) is 1. The van der Waals surface area contributed by atoms with Crippen molar-refractivity contribution in [3.05, 3.63) is 29.8 Å². The molecule has 0 spiro atoms. The Morgan fingerprint density at radius 1 is 1.44 bits per heavy atom. The molecular formula is C8H9N. The minimum atomic E-state index is -0.127. The number of benzene rings is 1. The summed E-state index contributed by atoms with van der Waals surface area (Å²) < 4.78 is 7.41. The molecule has 46 valence electrons. The predicted octanol–water partition coefficient (Wildman–Crippen LogP) is 1.65.